The van der Waals surface area contributed by atoms with Crippen molar-refractivity contribution in [1.82, 2.24) is 14.7 Å². The van der Waals surface area contributed by atoms with E-state index in [1.54, 1.807) is 18.2 Å². The van der Waals surface area contributed by atoms with E-state index in [1.165, 1.54) is 6.07 Å². The number of primary sulfonamides is 1. The second-order valence-corrected chi connectivity index (χ2v) is 10.6. The van der Waals surface area contributed by atoms with E-state index in [0.29, 0.717) is 16.6 Å². The van der Waals surface area contributed by atoms with E-state index in [2.05, 4.69) is 29.9 Å². The largest absolute Gasteiger partial charge is 0.395 e. The van der Waals surface area contributed by atoms with Gasteiger partial charge in [-0.15, -0.1) is 5.11 Å². The third-order valence-corrected chi connectivity index (χ3v) is 7.55. The molecule has 1 aliphatic heterocycles. The lowest BCUT2D eigenvalue weighted by Crippen LogP contribution is -2.40. The van der Waals surface area contributed by atoms with Gasteiger partial charge in [0, 0.05) is 18.2 Å². The van der Waals surface area contributed by atoms with Crippen molar-refractivity contribution in [2.45, 2.75) is 15.8 Å². The van der Waals surface area contributed by atoms with Crippen LogP contribution in [0.1, 0.15) is 5.56 Å². The predicted molar refractivity (Wildman–Crippen MR) is 124 cm³/mol. The number of aliphatic hydroxyl groups excluding tert-OH is 1. The number of sulfonamides is 2. The number of rotatable bonds is 8. The molecule has 0 saturated heterocycles. The van der Waals surface area contributed by atoms with E-state index in [0.717, 1.165) is 6.07 Å². The van der Waals surface area contributed by atoms with Crippen LogP contribution in [-0.2, 0) is 20.0 Å². The van der Waals surface area contributed by atoms with E-state index < -0.39 is 42.5 Å². The standard InChI is InChI=1S/C18H21N9O5S2/c19-9(7-28)6-24-34(31,32)13-5-4-10(11-2-1-3-12-15(11)26-18(20)25-12)14(16(13)33(21,29)30)17-22-8-23-27-17/h1-5,9,24,28H,6-8,19H2,(H3,20,25,26)(H2,21,29,30)/t9-/m1/s1. The van der Waals surface area contributed by atoms with Gasteiger partial charge >= 0.3 is 0 Å². The van der Waals surface area contributed by atoms with Crippen LogP contribution in [0.15, 0.2) is 55.3 Å². The number of nitrogens with zero attached hydrogens (tertiary/aromatic N) is 4. The summed E-state index contributed by atoms with van der Waals surface area (Å²) >= 11 is 0. The van der Waals surface area contributed by atoms with Crippen LogP contribution in [0.3, 0.4) is 0 Å². The average Bonchev–Trinajstić information content (AvgIpc) is 3.44. The van der Waals surface area contributed by atoms with E-state index >= 15 is 0 Å². The molecule has 180 valence electrons. The van der Waals surface area contributed by atoms with Gasteiger partial charge in [-0.2, -0.15) is 5.11 Å². The van der Waals surface area contributed by atoms with Gasteiger partial charge in [-0.05, 0) is 17.7 Å². The second-order valence-electron chi connectivity index (χ2n) is 7.34. The third-order valence-electron chi connectivity index (χ3n) is 4.96. The molecule has 3 aromatic rings. The Kier molecular flexibility index (Phi) is 6.19. The lowest BCUT2D eigenvalue weighted by atomic mass is 9.97. The first-order chi connectivity index (χ1) is 16.0. The Hall–Kier alpha value is -3.28. The van der Waals surface area contributed by atoms with Gasteiger partial charge in [-0.1, -0.05) is 18.2 Å². The summed E-state index contributed by atoms with van der Waals surface area (Å²) in [6, 6.07) is 6.68. The van der Waals surface area contributed by atoms with Gasteiger partial charge in [0.2, 0.25) is 20.0 Å². The molecular weight excluding hydrogens is 486 g/mol. The lowest BCUT2D eigenvalue weighted by molar-refractivity contribution is 0.266. The monoisotopic (exact) mass is 507 g/mol. The zero-order chi connectivity index (χ0) is 24.7. The van der Waals surface area contributed by atoms with Crippen LogP contribution in [0, 0.1) is 0 Å². The Balaban J connectivity index is 2.05. The maximum atomic E-state index is 13.1. The summed E-state index contributed by atoms with van der Waals surface area (Å²) in [5.41, 5.74) is 12.9. The fraction of sp³-hybridized carbons (Fsp3) is 0.222. The van der Waals surface area contributed by atoms with Crippen LogP contribution >= 0.6 is 0 Å². The van der Waals surface area contributed by atoms with Crippen molar-refractivity contribution in [2.75, 3.05) is 25.6 Å². The molecule has 0 bridgehead atoms. The van der Waals surface area contributed by atoms with Gasteiger partial charge in [0.05, 0.1) is 23.2 Å². The number of aliphatic hydroxyl groups is 1. The van der Waals surface area contributed by atoms with Crippen LogP contribution in [0.4, 0.5) is 5.95 Å². The van der Waals surface area contributed by atoms with Crippen molar-refractivity contribution in [3.8, 4) is 11.1 Å². The lowest BCUT2D eigenvalue weighted by Gasteiger charge is -2.18. The summed E-state index contributed by atoms with van der Waals surface area (Å²) in [7, 11) is -9.08. The normalized spacial score (nSPS) is 15.1. The number of H-pyrrole nitrogens is 1. The number of benzene rings is 2. The number of nitrogens with two attached hydrogens (primary N) is 3. The first kappa shape index (κ1) is 23.9. The zero-order valence-electron chi connectivity index (χ0n) is 17.5. The number of hydrogen-bond donors (Lipinski definition) is 6. The second kappa shape index (κ2) is 8.82. The number of para-hydroxylation sites is 1. The highest BCUT2D eigenvalue weighted by molar-refractivity contribution is 7.92. The van der Waals surface area contributed by atoms with Crippen LogP contribution < -0.4 is 21.3 Å². The van der Waals surface area contributed by atoms with Crippen LogP contribution in [-0.4, -0.2) is 63.6 Å². The van der Waals surface area contributed by atoms with Gasteiger partial charge in [-0.3, -0.25) is 0 Å². The molecule has 1 atom stereocenters. The Morgan fingerprint density at radius 3 is 2.56 bits per heavy atom. The molecule has 16 heteroatoms. The van der Waals surface area contributed by atoms with Gasteiger partial charge in [-0.25, -0.2) is 36.7 Å². The summed E-state index contributed by atoms with van der Waals surface area (Å²) in [6.07, 6.45) is 0. The number of fused-ring (bicyclic) bond motifs is 1. The van der Waals surface area contributed by atoms with Gasteiger partial charge in [0.1, 0.15) is 9.79 Å². The molecule has 2 heterocycles. The molecule has 0 radical (unpaired) electrons. The van der Waals surface area contributed by atoms with E-state index in [1.807, 2.05) is 0 Å². The summed E-state index contributed by atoms with van der Waals surface area (Å²) in [5.74, 6) is 0.0285. The minimum absolute atomic E-state index is 0.0705. The molecule has 0 spiro atoms. The van der Waals surface area contributed by atoms with Crippen molar-refractivity contribution < 1.29 is 21.9 Å². The number of aromatic amines is 1. The number of hydrogen-bond acceptors (Lipinski definition) is 11. The van der Waals surface area contributed by atoms with Crippen LogP contribution in [0.25, 0.3) is 22.2 Å². The van der Waals surface area contributed by atoms with Crippen molar-refractivity contribution >= 4 is 42.9 Å². The molecule has 34 heavy (non-hydrogen) atoms. The molecule has 9 N–H and O–H groups in total. The average molecular weight is 508 g/mol. The molecule has 1 aromatic heterocycles. The SMILES string of the molecule is Nc1nc2c(-c3ccc(S(=O)(=O)NC[C@@H](N)CO)c(S(N)(=O)=O)c3C3=NCN=N3)cccc2[nH]1. The molecule has 2 aromatic carbocycles. The smallest absolute Gasteiger partial charge is 0.242 e. The third kappa shape index (κ3) is 4.41. The maximum Gasteiger partial charge on any atom is 0.242 e. The highest BCUT2D eigenvalue weighted by Gasteiger charge is 2.33. The number of nitrogen functional groups attached to an aromatic ring is 1. The first-order valence-corrected chi connectivity index (χ1v) is 12.8. The number of anilines is 1. The highest BCUT2D eigenvalue weighted by atomic mass is 32.2. The Labute approximate surface area is 194 Å². The molecule has 14 nitrogen and oxygen atoms in total. The fourth-order valence-corrected chi connectivity index (χ4v) is 6.18. The molecule has 0 amide bonds. The number of azo groups is 1. The van der Waals surface area contributed by atoms with E-state index in [4.69, 9.17) is 21.7 Å². The van der Waals surface area contributed by atoms with Crippen molar-refractivity contribution in [3.05, 3.63) is 35.9 Å². The van der Waals surface area contributed by atoms with E-state index in [9.17, 15) is 16.8 Å². The molecule has 0 unspecified atom stereocenters. The molecule has 0 fully saturated rings. The fourth-order valence-electron chi connectivity index (χ4n) is 3.49. The first-order valence-electron chi connectivity index (χ1n) is 9.75. The van der Waals surface area contributed by atoms with Crippen LogP contribution in [0.5, 0.6) is 0 Å². The van der Waals surface area contributed by atoms with Crippen molar-refractivity contribution in [1.29, 1.82) is 0 Å². The Morgan fingerprint density at radius 1 is 1.15 bits per heavy atom. The molecular formula is C18H21N9O5S2. The molecule has 4 rings (SSSR count). The number of aromatic nitrogens is 2. The summed E-state index contributed by atoms with van der Waals surface area (Å²) in [5, 5.41) is 22.3. The summed E-state index contributed by atoms with van der Waals surface area (Å²) in [6.45, 7) is -0.895. The van der Waals surface area contributed by atoms with Crippen molar-refractivity contribution in [3.63, 3.8) is 0 Å². The Bertz CT molecular complexity index is 1550. The molecule has 0 saturated carbocycles. The molecule has 0 aliphatic carbocycles. The van der Waals surface area contributed by atoms with Crippen molar-refractivity contribution in [2.24, 2.45) is 26.1 Å². The Morgan fingerprint density at radius 2 is 1.91 bits per heavy atom. The number of nitrogens with one attached hydrogen (secondary N) is 2. The number of imidazole rings is 1. The quantitative estimate of drug-likeness (QED) is 0.225. The summed E-state index contributed by atoms with van der Waals surface area (Å²) in [4.78, 5) is 9.91. The van der Waals surface area contributed by atoms with Gasteiger partial charge < -0.3 is 21.6 Å². The van der Waals surface area contributed by atoms with Gasteiger partial charge in [0.15, 0.2) is 18.5 Å². The highest BCUT2D eigenvalue weighted by Crippen LogP contribution is 2.37. The minimum atomic E-state index is -4.64. The topological polar surface area (TPSA) is 244 Å². The minimum Gasteiger partial charge on any atom is -0.395 e. The van der Waals surface area contributed by atoms with Gasteiger partial charge in [0.25, 0.3) is 0 Å². The zero-order valence-corrected chi connectivity index (χ0v) is 19.1. The number of aliphatic imine (C=N–C) groups is 1. The maximum absolute atomic E-state index is 13.1. The molecule has 1 aliphatic rings. The summed E-state index contributed by atoms with van der Waals surface area (Å²) < 4.78 is 53.8. The number of amidine groups is 1. The van der Waals surface area contributed by atoms with E-state index in [-0.39, 0.29) is 36.1 Å². The van der Waals surface area contributed by atoms with Crippen LogP contribution in [0.2, 0.25) is 0 Å². The predicted octanol–water partition coefficient (Wildman–Crippen LogP) is -0.773.